The van der Waals surface area contributed by atoms with Crippen molar-refractivity contribution in [3.63, 3.8) is 0 Å². The van der Waals surface area contributed by atoms with Crippen LogP contribution in [0.2, 0.25) is 0 Å². The Morgan fingerprint density at radius 3 is 1.80 bits per heavy atom. The van der Waals surface area contributed by atoms with Gasteiger partial charge in [-0.25, -0.2) is 0 Å². The molecule has 0 rings (SSSR count). The zero-order chi connectivity index (χ0) is 11.7. The molecule has 0 heterocycles. The van der Waals surface area contributed by atoms with Crippen molar-refractivity contribution in [1.82, 2.24) is 0 Å². The highest BCUT2D eigenvalue weighted by Gasteiger charge is 2.13. The monoisotopic (exact) mass is 218 g/mol. The Kier molecular flexibility index (Phi) is 9.06. The lowest BCUT2D eigenvalue weighted by Gasteiger charge is -2.14. The fourth-order valence-electron chi connectivity index (χ4n) is 1.57. The van der Waals surface area contributed by atoms with Crippen molar-refractivity contribution >= 4 is 0 Å². The molecule has 15 heavy (non-hydrogen) atoms. The molecule has 0 amide bonds. The van der Waals surface area contributed by atoms with Crippen LogP contribution in [0.5, 0.6) is 0 Å². The highest BCUT2D eigenvalue weighted by atomic mass is 16.4. The Morgan fingerprint density at radius 2 is 1.33 bits per heavy atom. The van der Waals surface area contributed by atoms with Gasteiger partial charge < -0.3 is 15.3 Å². The van der Waals surface area contributed by atoms with Crippen LogP contribution in [-0.4, -0.2) is 34.1 Å². The van der Waals surface area contributed by atoms with Crippen LogP contribution in [0, 0.1) is 5.92 Å². The van der Waals surface area contributed by atoms with Gasteiger partial charge in [0.25, 0.3) is 0 Å². The molecule has 0 fully saturated rings. The van der Waals surface area contributed by atoms with Crippen molar-refractivity contribution in [2.45, 2.75) is 64.6 Å². The van der Waals surface area contributed by atoms with Crippen molar-refractivity contribution in [3.05, 3.63) is 0 Å². The van der Waals surface area contributed by atoms with Gasteiger partial charge in [-0.3, -0.25) is 0 Å². The smallest absolute Gasteiger partial charge is 0.103 e. The second-order valence-corrected chi connectivity index (χ2v) is 4.70. The van der Waals surface area contributed by atoms with Gasteiger partial charge in [0.2, 0.25) is 0 Å². The Bertz CT molecular complexity index is 137. The van der Waals surface area contributed by atoms with Crippen molar-refractivity contribution in [2.75, 3.05) is 6.61 Å². The molecule has 0 aromatic carbocycles. The number of aliphatic hydroxyl groups is 3. The average molecular weight is 218 g/mol. The van der Waals surface area contributed by atoms with Gasteiger partial charge in [-0.1, -0.05) is 46.0 Å². The zero-order valence-corrected chi connectivity index (χ0v) is 10.0. The molecule has 3 heteroatoms. The van der Waals surface area contributed by atoms with E-state index < -0.39 is 12.2 Å². The summed E-state index contributed by atoms with van der Waals surface area (Å²) in [5, 5.41) is 27.1. The summed E-state index contributed by atoms with van der Waals surface area (Å²) in [6.45, 7) is 4.09. The van der Waals surface area contributed by atoms with E-state index >= 15 is 0 Å². The van der Waals surface area contributed by atoms with Crippen molar-refractivity contribution in [1.29, 1.82) is 0 Å². The van der Waals surface area contributed by atoms with Crippen LogP contribution in [0.25, 0.3) is 0 Å². The largest absolute Gasteiger partial charge is 0.394 e. The third kappa shape index (κ3) is 8.85. The normalized spacial score (nSPS) is 15.6. The second kappa shape index (κ2) is 9.13. The minimum atomic E-state index is -0.972. The number of aliphatic hydroxyl groups excluding tert-OH is 3. The van der Waals surface area contributed by atoms with Gasteiger partial charge in [-0.2, -0.15) is 0 Å². The average Bonchev–Trinajstić information content (AvgIpc) is 2.21. The molecular weight excluding hydrogens is 192 g/mol. The lowest BCUT2D eigenvalue weighted by molar-refractivity contribution is -0.0185. The molecule has 0 spiro atoms. The van der Waals surface area contributed by atoms with Crippen molar-refractivity contribution in [2.24, 2.45) is 5.92 Å². The number of hydrogen-bond donors (Lipinski definition) is 3. The number of unbranched alkanes of at least 4 members (excludes halogenated alkanes) is 3. The molecule has 0 aliphatic heterocycles. The molecule has 0 saturated carbocycles. The third-order valence-electron chi connectivity index (χ3n) is 2.66. The van der Waals surface area contributed by atoms with Crippen LogP contribution in [-0.2, 0) is 0 Å². The molecule has 2 unspecified atom stereocenters. The van der Waals surface area contributed by atoms with E-state index in [-0.39, 0.29) is 6.61 Å². The van der Waals surface area contributed by atoms with Gasteiger partial charge in [0.15, 0.2) is 0 Å². The van der Waals surface area contributed by atoms with E-state index in [1.54, 1.807) is 0 Å². The predicted octanol–water partition coefficient (Wildman–Crippen LogP) is 1.70. The van der Waals surface area contributed by atoms with Crippen LogP contribution in [0.1, 0.15) is 52.4 Å². The number of hydrogen-bond acceptors (Lipinski definition) is 3. The van der Waals surface area contributed by atoms with E-state index in [0.717, 1.165) is 18.8 Å². The maximum atomic E-state index is 9.35. The molecule has 0 aromatic rings. The molecule has 3 N–H and O–H groups in total. The summed E-state index contributed by atoms with van der Waals surface area (Å²) < 4.78 is 0. The van der Waals surface area contributed by atoms with E-state index in [0.29, 0.717) is 6.42 Å². The maximum Gasteiger partial charge on any atom is 0.103 e. The lowest BCUT2D eigenvalue weighted by atomic mass is 10.0. The molecule has 0 aromatic heterocycles. The summed E-state index contributed by atoms with van der Waals surface area (Å²) in [5.74, 6) is 0.770. The SMILES string of the molecule is CC(C)CCCCCCC(O)C(O)CO. The highest BCUT2D eigenvalue weighted by Crippen LogP contribution is 2.12. The topological polar surface area (TPSA) is 60.7 Å². The quantitative estimate of drug-likeness (QED) is 0.516. The highest BCUT2D eigenvalue weighted by molar-refractivity contribution is 4.65. The zero-order valence-electron chi connectivity index (χ0n) is 10.0. The minimum absolute atomic E-state index is 0.353. The first-order valence-electron chi connectivity index (χ1n) is 6.05. The van der Waals surface area contributed by atoms with E-state index in [1.165, 1.54) is 19.3 Å². The number of rotatable bonds is 9. The second-order valence-electron chi connectivity index (χ2n) is 4.70. The van der Waals surface area contributed by atoms with Crippen molar-refractivity contribution < 1.29 is 15.3 Å². The van der Waals surface area contributed by atoms with Crippen LogP contribution in [0.15, 0.2) is 0 Å². The summed E-state index contributed by atoms with van der Waals surface area (Å²) >= 11 is 0. The molecule has 0 radical (unpaired) electrons. The summed E-state index contributed by atoms with van der Waals surface area (Å²) in [5.41, 5.74) is 0. The van der Waals surface area contributed by atoms with Gasteiger partial charge in [-0.15, -0.1) is 0 Å². The standard InChI is InChI=1S/C12H26O3/c1-10(2)7-5-3-4-6-8-11(14)12(15)9-13/h10-15H,3-9H2,1-2H3. The Labute approximate surface area is 93.1 Å². The molecule has 0 aliphatic rings. The minimum Gasteiger partial charge on any atom is -0.394 e. The summed E-state index contributed by atoms with van der Waals surface area (Å²) in [7, 11) is 0. The van der Waals surface area contributed by atoms with Crippen LogP contribution in [0.4, 0.5) is 0 Å². The Hall–Kier alpha value is -0.120. The first kappa shape index (κ1) is 14.9. The fraction of sp³-hybridized carbons (Fsp3) is 1.00. The molecule has 92 valence electrons. The fourth-order valence-corrected chi connectivity index (χ4v) is 1.57. The van der Waals surface area contributed by atoms with Crippen LogP contribution in [0.3, 0.4) is 0 Å². The van der Waals surface area contributed by atoms with Crippen LogP contribution < -0.4 is 0 Å². The van der Waals surface area contributed by atoms with Gasteiger partial charge >= 0.3 is 0 Å². The predicted molar refractivity (Wildman–Crippen MR) is 61.6 cm³/mol. The van der Waals surface area contributed by atoms with E-state index in [9.17, 15) is 5.11 Å². The van der Waals surface area contributed by atoms with Gasteiger partial charge in [0.1, 0.15) is 6.10 Å². The molecule has 0 saturated heterocycles. The first-order valence-corrected chi connectivity index (χ1v) is 6.05. The lowest BCUT2D eigenvalue weighted by Crippen LogP contribution is -2.28. The third-order valence-corrected chi connectivity index (χ3v) is 2.66. The molecular formula is C12H26O3. The summed E-state index contributed by atoms with van der Waals surface area (Å²) in [6.07, 6.45) is 4.58. The van der Waals surface area contributed by atoms with Gasteiger partial charge in [-0.05, 0) is 12.3 Å². The summed E-state index contributed by atoms with van der Waals surface area (Å²) in [6, 6.07) is 0. The van der Waals surface area contributed by atoms with Crippen molar-refractivity contribution in [3.8, 4) is 0 Å². The van der Waals surface area contributed by atoms with Gasteiger partial charge in [0.05, 0.1) is 12.7 Å². The maximum absolute atomic E-state index is 9.35. The van der Waals surface area contributed by atoms with Gasteiger partial charge in [0, 0.05) is 0 Å². The molecule has 0 aliphatic carbocycles. The van der Waals surface area contributed by atoms with E-state index in [1.807, 2.05) is 0 Å². The molecule has 3 nitrogen and oxygen atoms in total. The Balaban J connectivity index is 3.23. The molecule has 0 bridgehead atoms. The first-order chi connectivity index (χ1) is 7.07. The van der Waals surface area contributed by atoms with E-state index in [4.69, 9.17) is 10.2 Å². The Morgan fingerprint density at radius 1 is 0.800 bits per heavy atom. The molecule has 2 atom stereocenters. The van der Waals surface area contributed by atoms with Crippen LogP contribution >= 0.6 is 0 Å². The summed E-state index contributed by atoms with van der Waals surface area (Å²) in [4.78, 5) is 0. The van der Waals surface area contributed by atoms with E-state index in [2.05, 4.69) is 13.8 Å².